The molecule has 6 nitrogen and oxygen atoms in total. The maximum Gasteiger partial charge on any atom is 0.267 e. The number of amides is 1. The summed E-state index contributed by atoms with van der Waals surface area (Å²) in [5, 5.41) is 3.72. The molecule has 0 aromatic heterocycles. The van der Waals surface area contributed by atoms with Crippen LogP contribution in [-0.2, 0) is 20.8 Å². The Balaban J connectivity index is 1.90. The Morgan fingerprint density at radius 3 is 3.05 bits per heavy atom. The summed E-state index contributed by atoms with van der Waals surface area (Å²) in [4.78, 5) is 19.0. The summed E-state index contributed by atoms with van der Waals surface area (Å²) in [5.74, 6) is 0.217. The SMILES string of the molecule is COCCC(N)=NOCC(=O)N1CCCc2ccccc21. The van der Waals surface area contributed by atoms with Crippen molar-refractivity contribution in [1.82, 2.24) is 0 Å². The summed E-state index contributed by atoms with van der Waals surface area (Å²) >= 11 is 0. The van der Waals surface area contributed by atoms with Gasteiger partial charge >= 0.3 is 0 Å². The van der Waals surface area contributed by atoms with E-state index >= 15 is 0 Å². The highest BCUT2D eigenvalue weighted by Crippen LogP contribution is 2.26. The van der Waals surface area contributed by atoms with E-state index in [1.54, 1.807) is 12.0 Å². The quantitative estimate of drug-likeness (QED) is 0.487. The van der Waals surface area contributed by atoms with Gasteiger partial charge in [0.15, 0.2) is 6.61 Å². The zero-order chi connectivity index (χ0) is 15.1. The number of rotatable bonds is 6. The van der Waals surface area contributed by atoms with Crippen LogP contribution in [0.25, 0.3) is 0 Å². The number of methoxy groups -OCH3 is 1. The number of amidine groups is 1. The molecule has 1 amide bonds. The van der Waals surface area contributed by atoms with Crippen molar-refractivity contribution in [2.45, 2.75) is 19.3 Å². The minimum atomic E-state index is -0.109. The molecule has 0 atom stereocenters. The molecular formula is C15H21N3O3. The number of oxime groups is 1. The molecule has 114 valence electrons. The highest BCUT2D eigenvalue weighted by molar-refractivity contribution is 5.95. The van der Waals surface area contributed by atoms with Crippen LogP contribution in [0.2, 0.25) is 0 Å². The van der Waals surface area contributed by atoms with Crippen molar-refractivity contribution in [2.75, 3.05) is 31.8 Å². The van der Waals surface area contributed by atoms with E-state index in [1.807, 2.05) is 18.2 Å². The number of nitrogens with zero attached hydrogens (tertiary/aromatic N) is 2. The molecule has 1 aromatic carbocycles. The molecule has 1 aromatic rings. The first kappa shape index (κ1) is 15.3. The Kier molecular flexibility index (Phi) is 5.57. The molecular weight excluding hydrogens is 270 g/mol. The van der Waals surface area contributed by atoms with E-state index in [9.17, 15) is 4.79 Å². The summed E-state index contributed by atoms with van der Waals surface area (Å²) in [5.41, 5.74) is 7.78. The topological polar surface area (TPSA) is 77.1 Å². The average Bonchev–Trinajstić information content (AvgIpc) is 2.52. The van der Waals surface area contributed by atoms with Gasteiger partial charge in [0.2, 0.25) is 0 Å². The predicted molar refractivity (Wildman–Crippen MR) is 81.2 cm³/mol. The number of benzene rings is 1. The van der Waals surface area contributed by atoms with E-state index < -0.39 is 0 Å². The Bertz CT molecular complexity index is 517. The fraction of sp³-hybridized carbons (Fsp3) is 0.467. The molecule has 0 fully saturated rings. The van der Waals surface area contributed by atoms with E-state index in [1.165, 1.54) is 5.56 Å². The van der Waals surface area contributed by atoms with Crippen molar-refractivity contribution in [3.05, 3.63) is 29.8 Å². The van der Waals surface area contributed by atoms with Crippen molar-refractivity contribution in [2.24, 2.45) is 10.9 Å². The van der Waals surface area contributed by atoms with Gasteiger partial charge in [0.25, 0.3) is 5.91 Å². The third kappa shape index (κ3) is 4.19. The van der Waals surface area contributed by atoms with Crippen LogP contribution < -0.4 is 10.6 Å². The average molecular weight is 291 g/mol. The van der Waals surface area contributed by atoms with Crippen LogP contribution in [0.1, 0.15) is 18.4 Å². The molecule has 0 spiro atoms. The second kappa shape index (κ2) is 7.64. The van der Waals surface area contributed by atoms with E-state index in [0.29, 0.717) is 25.4 Å². The zero-order valence-corrected chi connectivity index (χ0v) is 12.2. The number of anilines is 1. The molecule has 1 heterocycles. The monoisotopic (exact) mass is 291 g/mol. The summed E-state index contributed by atoms with van der Waals surface area (Å²) in [6, 6.07) is 7.94. The van der Waals surface area contributed by atoms with Gasteiger partial charge in [-0.2, -0.15) is 0 Å². The fourth-order valence-corrected chi connectivity index (χ4v) is 2.29. The standard InChI is InChI=1S/C15H21N3O3/c1-20-10-8-14(16)17-21-11-15(19)18-9-4-6-12-5-2-3-7-13(12)18/h2-3,5,7H,4,6,8-11H2,1H3,(H2,16,17). The summed E-state index contributed by atoms with van der Waals surface area (Å²) in [7, 11) is 1.59. The second-order valence-corrected chi connectivity index (χ2v) is 4.88. The Morgan fingerprint density at radius 2 is 2.24 bits per heavy atom. The first-order valence-electron chi connectivity index (χ1n) is 7.04. The second-order valence-electron chi connectivity index (χ2n) is 4.88. The number of fused-ring (bicyclic) bond motifs is 1. The third-order valence-corrected chi connectivity index (χ3v) is 3.34. The van der Waals surface area contributed by atoms with Crippen molar-refractivity contribution in [3.8, 4) is 0 Å². The van der Waals surface area contributed by atoms with Crippen LogP contribution in [-0.4, -0.2) is 38.6 Å². The normalized spacial score (nSPS) is 14.7. The lowest BCUT2D eigenvalue weighted by atomic mass is 10.0. The minimum absolute atomic E-state index is 0.106. The number of aryl methyl sites for hydroxylation is 1. The molecule has 6 heteroatoms. The van der Waals surface area contributed by atoms with Crippen molar-refractivity contribution >= 4 is 17.4 Å². The number of carbonyl (C=O) groups excluding carboxylic acids is 1. The van der Waals surface area contributed by atoms with Crippen LogP contribution in [0, 0.1) is 0 Å². The van der Waals surface area contributed by atoms with E-state index in [4.69, 9.17) is 15.3 Å². The van der Waals surface area contributed by atoms with E-state index in [0.717, 1.165) is 18.5 Å². The number of hydrogen-bond donors (Lipinski definition) is 1. The molecule has 0 bridgehead atoms. The molecule has 0 unspecified atom stereocenters. The van der Waals surface area contributed by atoms with Gasteiger partial charge in [0, 0.05) is 25.8 Å². The van der Waals surface area contributed by atoms with Crippen LogP contribution in [0.3, 0.4) is 0 Å². The van der Waals surface area contributed by atoms with Gasteiger partial charge in [-0.05, 0) is 24.5 Å². The number of para-hydroxylation sites is 1. The summed E-state index contributed by atoms with van der Waals surface area (Å²) in [6.45, 7) is 1.08. The van der Waals surface area contributed by atoms with Gasteiger partial charge in [-0.3, -0.25) is 4.79 Å². The lowest BCUT2D eigenvalue weighted by molar-refractivity contribution is -0.123. The molecule has 21 heavy (non-hydrogen) atoms. The van der Waals surface area contributed by atoms with Crippen LogP contribution in [0.5, 0.6) is 0 Å². The van der Waals surface area contributed by atoms with Crippen molar-refractivity contribution < 1.29 is 14.4 Å². The Hall–Kier alpha value is -2.08. The Labute approximate surface area is 124 Å². The minimum Gasteiger partial charge on any atom is -0.384 e. The number of hydrogen-bond acceptors (Lipinski definition) is 4. The third-order valence-electron chi connectivity index (χ3n) is 3.34. The maximum atomic E-state index is 12.2. The van der Waals surface area contributed by atoms with Crippen LogP contribution in [0.15, 0.2) is 29.4 Å². The molecule has 1 aliphatic rings. The molecule has 0 saturated heterocycles. The number of carbonyl (C=O) groups is 1. The smallest absolute Gasteiger partial charge is 0.267 e. The number of ether oxygens (including phenoxy) is 1. The highest BCUT2D eigenvalue weighted by Gasteiger charge is 2.22. The molecule has 2 rings (SSSR count). The van der Waals surface area contributed by atoms with Gasteiger partial charge in [-0.15, -0.1) is 0 Å². The molecule has 1 aliphatic heterocycles. The van der Waals surface area contributed by atoms with Gasteiger partial charge in [-0.1, -0.05) is 23.4 Å². The van der Waals surface area contributed by atoms with Gasteiger partial charge in [-0.25, -0.2) is 0 Å². The van der Waals surface area contributed by atoms with Crippen molar-refractivity contribution in [1.29, 1.82) is 0 Å². The van der Waals surface area contributed by atoms with Crippen LogP contribution >= 0.6 is 0 Å². The molecule has 0 radical (unpaired) electrons. The lowest BCUT2D eigenvalue weighted by Crippen LogP contribution is -2.37. The first-order valence-corrected chi connectivity index (χ1v) is 7.04. The van der Waals surface area contributed by atoms with E-state index in [-0.39, 0.29) is 12.5 Å². The maximum absolute atomic E-state index is 12.2. The first-order chi connectivity index (χ1) is 10.2. The summed E-state index contributed by atoms with van der Waals surface area (Å²) in [6.07, 6.45) is 2.45. The Morgan fingerprint density at radius 1 is 1.43 bits per heavy atom. The van der Waals surface area contributed by atoms with Gasteiger partial charge < -0.3 is 20.2 Å². The van der Waals surface area contributed by atoms with Gasteiger partial charge in [0.05, 0.1) is 6.61 Å². The van der Waals surface area contributed by atoms with Gasteiger partial charge in [0.1, 0.15) is 5.84 Å². The largest absolute Gasteiger partial charge is 0.384 e. The van der Waals surface area contributed by atoms with E-state index in [2.05, 4.69) is 11.2 Å². The molecule has 0 saturated carbocycles. The highest BCUT2D eigenvalue weighted by atomic mass is 16.6. The molecule has 2 N–H and O–H groups in total. The predicted octanol–water partition coefficient (Wildman–Crippen LogP) is 1.29. The van der Waals surface area contributed by atoms with Crippen molar-refractivity contribution in [3.63, 3.8) is 0 Å². The van der Waals surface area contributed by atoms with Crippen LogP contribution in [0.4, 0.5) is 5.69 Å². The molecule has 0 aliphatic carbocycles. The summed E-state index contributed by atoms with van der Waals surface area (Å²) < 4.78 is 4.88. The number of nitrogens with two attached hydrogens (primary N) is 1. The lowest BCUT2D eigenvalue weighted by Gasteiger charge is -2.28. The fourth-order valence-electron chi connectivity index (χ4n) is 2.29. The zero-order valence-electron chi connectivity index (χ0n) is 12.2.